The summed E-state index contributed by atoms with van der Waals surface area (Å²) < 4.78 is 26.4. The van der Waals surface area contributed by atoms with Crippen molar-refractivity contribution in [2.24, 2.45) is 0 Å². The molecule has 1 aromatic carbocycles. The molecule has 0 heterocycles. The molecule has 16 heavy (non-hydrogen) atoms. The molecule has 0 aliphatic heterocycles. The average Bonchev–Trinajstić information content (AvgIpc) is 2.15. The predicted octanol–water partition coefficient (Wildman–Crippen LogP) is 1.17. The van der Waals surface area contributed by atoms with Crippen molar-refractivity contribution >= 4 is 10.0 Å². The maximum atomic E-state index is 11.9. The van der Waals surface area contributed by atoms with Gasteiger partial charge in [-0.25, -0.2) is 13.1 Å². The molecule has 0 amide bonds. The van der Waals surface area contributed by atoms with E-state index in [0.29, 0.717) is 11.1 Å². The van der Waals surface area contributed by atoms with E-state index in [9.17, 15) is 8.42 Å². The number of hydrogen-bond acceptors (Lipinski definition) is 3. The van der Waals surface area contributed by atoms with Crippen molar-refractivity contribution in [3.05, 3.63) is 29.3 Å². The highest BCUT2D eigenvalue weighted by atomic mass is 32.2. The number of benzene rings is 1. The molecule has 0 atom stereocenters. The molecule has 0 unspecified atom stereocenters. The molecule has 90 valence electrons. The van der Waals surface area contributed by atoms with Crippen LogP contribution in [-0.2, 0) is 16.6 Å². The summed E-state index contributed by atoms with van der Waals surface area (Å²) in [6, 6.07) is 4.73. The zero-order valence-corrected chi connectivity index (χ0v) is 10.5. The van der Waals surface area contributed by atoms with Gasteiger partial charge in [0.05, 0.1) is 11.5 Å². The second-order valence-corrected chi connectivity index (χ2v) is 5.66. The molecular weight excluding hydrogens is 226 g/mol. The van der Waals surface area contributed by atoms with Crippen LogP contribution in [0.15, 0.2) is 23.1 Å². The largest absolute Gasteiger partial charge is 0.392 e. The molecule has 0 fully saturated rings. The molecule has 1 rings (SSSR count). The van der Waals surface area contributed by atoms with E-state index >= 15 is 0 Å². The Morgan fingerprint density at radius 1 is 1.38 bits per heavy atom. The Balaban J connectivity index is 3.23. The molecule has 0 saturated carbocycles. The van der Waals surface area contributed by atoms with Crippen LogP contribution in [0.1, 0.15) is 25.0 Å². The minimum Gasteiger partial charge on any atom is -0.392 e. The van der Waals surface area contributed by atoms with Gasteiger partial charge >= 0.3 is 0 Å². The van der Waals surface area contributed by atoms with E-state index in [1.807, 2.05) is 0 Å². The van der Waals surface area contributed by atoms with Gasteiger partial charge in [-0.15, -0.1) is 0 Å². The quantitative estimate of drug-likeness (QED) is 0.834. The molecule has 0 aliphatic rings. The van der Waals surface area contributed by atoms with Crippen molar-refractivity contribution in [2.75, 3.05) is 0 Å². The zero-order chi connectivity index (χ0) is 12.3. The van der Waals surface area contributed by atoms with Crippen LogP contribution < -0.4 is 4.72 Å². The molecular formula is C11H17NO3S. The molecule has 0 spiro atoms. The second kappa shape index (κ2) is 4.95. The fourth-order valence-corrected chi connectivity index (χ4v) is 3.04. The molecule has 0 aliphatic carbocycles. The number of hydrogen-bond donors (Lipinski definition) is 2. The first-order valence-electron chi connectivity index (χ1n) is 5.10. The number of aliphatic hydroxyl groups excluding tert-OH is 1. The first kappa shape index (κ1) is 13.2. The maximum Gasteiger partial charge on any atom is 0.241 e. The van der Waals surface area contributed by atoms with E-state index in [0.717, 1.165) is 0 Å². The van der Waals surface area contributed by atoms with Gasteiger partial charge in [0.2, 0.25) is 10.0 Å². The highest BCUT2D eigenvalue weighted by molar-refractivity contribution is 7.89. The summed E-state index contributed by atoms with van der Waals surface area (Å²) >= 11 is 0. The van der Waals surface area contributed by atoms with Gasteiger partial charge in [-0.1, -0.05) is 12.1 Å². The topological polar surface area (TPSA) is 66.4 Å². The van der Waals surface area contributed by atoms with E-state index in [4.69, 9.17) is 5.11 Å². The van der Waals surface area contributed by atoms with Gasteiger partial charge in [0, 0.05) is 6.04 Å². The van der Waals surface area contributed by atoms with Crippen LogP contribution in [0, 0.1) is 6.92 Å². The Kier molecular flexibility index (Phi) is 4.07. The summed E-state index contributed by atoms with van der Waals surface area (Å²) in [5, 5.41) is 9.08. The molecule has 0 radical (unpaired) electrons. The maximum absolute atomic E-state index is 11.9. The lowest BCUT2D eigenvalue weighted by molar-refractivity contribution is 0.280. The molecule has 0 bridgehead atoms. The summed E-state index contributed by atoms with van der Waals surface area (Å²) in [4.78, 5) is 0.229. The number of sulfonamides is 1. The Morgan fingerprint density at radius 3 is 2.50 bits per heavy atom. The van der Waals surface area contributed by atoms with Crippen LogP contribution in [0.25, 0.3) is 0 Å². The molecule has 0 aromatic heterocycles. The lowest BCUT2D eigenvalue weighted by Crippen LogP contribution is -2.30. The smallest absolute Gasteiger partial charge is 0.241 e. The van der Waals surface area contributed by atoms with E-state index in [2.05, 4.69) is 4.72 Å². The third-order valence-corrected chi connectivity index (χ3v) is 4.05. The fourth-order valence-electron chi connectivity index (χ4n) is 1.50. The van der Waals surface area contributed by atoms with Gasteiger partial charge in [0.15, 0.2) is 0 Å². The first-order valence-corrected chi connectivity index (χ1v) is 6.58. The summed E-state index contributed by atoms with van der Waals surface area (Å²) in [7, 11) is -3.48. The Hall–Kier alpha value is -0.910. The Bertz CT molecular complexity index is 466. The average molecular weight is 243 g/mol. The van der Waals surface area contributed by atoms with Gasteiger partial charge in [0.1, 0.15) is 0 Å². The summed E-state index contributed by atoms with van der Waals surface area (Å²) in [6.07, 6.45) is 0. The van der Waals surface area contributed by atoms with Gasteiger partial charge in [-0.05, 0) is 38.0 Å². The molecule has 2 N–H and O–H groups in total. The van der Waals surface area contributed by atoms with Crippen LogP contribution in [0.3, 0.4) is 0 Å². The summed E-state index contributed by atoms with van der Waals surface area (Å²) in [5.41, 5.74) is 1.23. The Morgan fingerprint density at radius 2 is 2.00 bits per heavy atom. The minimum absolute atomic E-state index is 0.151. The van der Waals surface area contributed by atoms with Crippen LogP contribution in [0.5, 0.6) is 0 Å². The Labute approximate surface area is 96.4 Å². The highest BCUT2D eigenvalue weighted by Gasteiger charge is 2.18. The third-order valence-electron chi connectivity index (χ3n) is 2.25. The summed E-state index contributed by atoms with van der Waals surface area (Å²) in [5.74, 6) is 0. The van der Waals surface area contributed by atoms with Crippen molar-refractivity contribution in [2.45, 2.75) is 38.3 Å². The molecule has 1 aromatic rings. The molecule has 0 saturated heterocycles. The monoisotopic (exact) mass is 243 g/mol. The van der Waals surface area contributed by atoms with Crippen molar-refractivity contribution in [1.82, 2.24) is 4.72 Å². The standard InChI is InChI=1S/C11H17NO3S/c1-8(2)12-16(14,15)11-6-4-5-10(7-13)9(11)3/h4-6,8,12-13H,7H2,1-3H3. The summed E-state index contributed by atoms with van der Waals surface area (Å²) in [6.45, 7) is 5.07. The van der Waals surface area contributed by atoms with Gasteiger partial charge < -0.3 is 5.11 Å². The van der Waals surface area contributed by atoms with Gasteiger partial charge in [-0.3, -0.25) is 0 Å². The number of aliphatic hydroxyl groups is 1. The second-order valence-electron chi connectivity index (χ2n) is 3.97. The van der Waals surface area contributed by atoms with Crippen molar-refractivity contribution in [3.8, 4) is 0 Å². The van der Waals surface area contributed by atoms with Crippen molar-refractivity contribution < 1.29 is 13.5 Å². The third kappa shape index (κ3) is 2.81. The van der Waals surface area contributed by atoms with Crippen LogP contribution >= 0.6 is 0 Å². The minimum atomic E-state index is -3.48. The van der Waals surface area contributed by atoms with Crippen LogP contribution in [0.2, 0.25) is 0 Å². The lowest BCUT2D eigenvalue weighted by atomic mass is 10.1. The number of rotatable bonds is 4. The van der Waals surface area contributed by atoms with E-state index in [1.165, 1.54) is 0 Å². The molecule has 4 nitrogen and oxygen atoms in total. The SMILES string of the molecule is Cc1c(CO)cccc1S(=O)(=O)NC(C)C. The highest BCUT2D eigenvalue weighted by Crippen LogP contribution is 2.19. The van der Waals surface area contributed by atoms with Crippen molar-refractivity contribution in [1.29, 1.82) is 0 Å². The van der Waals surface area contributed by atoms with E-state index < -0.39 is 10.0 Å². The lowest BCUT2D eigenvalue weighted by Gasteiger charge is -2.13. The molecule has 5 heteroatoms. The van der Waals surface area contributed by atoms with E-state index in [-0.39, 0.29) is 17.5 Å². The predicted molar refractivity (Wildman–Crippen MR) is 62.6 cm³/mol. The number of nitrogens with one attached hydrogen (secondary N) is 1. The van der Waals surface area contributed by atoms with Crippen molar-refractivity contribution in [3.63, 3.8) is 0 Å². The first-order chi connectivity index (χ1) is 7.38. The van der Waals surface area contributed by atoms with Gasteiger partial charge in [0.25, 0.3) is 0 Å². The van der Waals surface area contributed by atoms with Crippen LogP contribution in [0.4, 0.5) is 0 Å². The van der Waals surface area contributed by atoms with Gasteiger partial charge in [-0.2, -0.15) is 0 Å². The fraction of sp³-hybridized carbons (Fsp3) is 0.455. The van der Waals surface area contributed by atoms with E-state index in [1.54, 1.807) is 39.0 Å². The van der Waals surface area contributed by atoms with Crippen LogP contribution in [-0.4, -0.2) is 19.6 Å². The zero-order valence-electron chi connectivity index (χ0n) is 9.69. The normalized spacial score (nSPS) is 12.1.